The third-order valence-corrected chi connectivity index (χ3v) is 2.70. The van der Waals surface area contributed by atoms with Crippen LogP contribution in [0, 0.1) is 0 Å². The van der Waals surface area contributed by atoms with Crippen molar-refractivity contribution in [1.29, 1.82) is 0 Å². The van der Waals surface area contributed by atoms with Crippen molar-refractivity contribution in [3.63, 3.8) is 0 Å². The number of nitrogens with zero attached hydrogens (tertiary/aromatic N) is 2. The monoisotopic (exact) mass is 222 g/mol. The van der Waals surface area contributed by atoms with Gasteiger partial charge in [0.1, 0.15) is 0 Å². The number of hydrogen-bond acceptors (Lipinski definition) is 3. The minimum absolute atomic E-state index is 0.522. The predicted octanol–water partition coefficient (Wildman–Crippen LogP) is 1.71. The zero-order valence-corrected chi connectivity index (χ0v) is 9.26. The van der Waals surface area contributed by atoms with Gasteiger partial charge < -0.3 is 10.6 Å². The van der Waals surface area contributed by atoms with E-state index in [1.807, 2.05) is 0 Å². The van der Waals surface area contributed by atoms with Gasteiger partial charge in [0, 0.05) is 18.4 Å². The van der Waals surface area contributed by atoms with Crippen molar-refractivity contribution in [3.05, 3.63) is 18.5 Å². The Labute approximate surface area is 94.5 Å². The molecule has 0 spiro atoms. The molecule has 2 N–H and O–H groups in total. The lowest BCUT2D eigenvalue weighted by Crippen LogP contribution is -2.36. The Hall–Kier alpha value is -1.23. The van der Waals surface area contributed by atoms with Crippen molar-refractivity contribution in [2.45, 2.75) is 31.7 Å². The topological polar surface area (TPSA) is 49.8 Å². The van der Waals surface area contributed by atoms with Crippen molar-refractivity contribution >= 4 is 23.3 Å². The average molecular weight is 222 g/mol. The summed E-state index contributed by atoms with van der Waals surface area (Å²) in [5, 5.41) is 6.85. The van der Waals surface area contributed by atoms with Crippen LogP contribution in [0.4, 0.5) is 5.95 Å². The van der Waals surface area contributed by atoms with Crippen LogP contribution in [-0.4, -0.2) is 21.1 Å². The van der Waals surface area contributed by atoms with Crippen molar-refractivity contribution in [3.8, 4) is 0 Å². The second kappa shape index (κ2) is 5.02. The molecule has 1 aromatic rings. The molecule has 1 aliphatic rings. The molecule has 15 heavy (non-hydrogen) atoms. The van der Waals surface area contributed by atoms with E-state index in [9.17, 15) is 0 Å². The number of thiocarbonyl (C=S) groups is 1. The summed E-state index contributed by atoms with van der Waals surface area (Å²) in [6.07, 6.45) is 8.38. The zero-order chi connectivity index (χ0) is 10.5. The number of hydrogen-bond donors (Lipinski definition) is 2. The van der Waals surface area contributed by atoms with Gasteiger partial charge in [0.2, 0.25) is 5.95 Å². The molecule has 4 nitrogen and oxygen atoms in total. The van der Waals surface area contributed by atoms with Crippen molar-refractivity contribution in [1.82, 2.24) is 15.3 Å². The quantitative estimate of drug-likeness (QED) is 0.746. The van der Waals surface area contributed by atoms with Crippen LogP contribution in [0.2, 0.25) is 0 Å². The van der Waals surface area contributed by atoms with Gasteiger partial charge in [-0.05, 0) is 31.1 Å². The van der Waals surface area contributed by atoms with Crippen LogP contribution >= 0.6 is 12.2 Å². The number of rotatable bonds is 2. The summed E-state index contributed by atoms with van der Waals surface area (Å²) in [7, 11) is 0. The highest BCUT2D eigenvalue weighted by Gasteiger charge is 2.15. The van der Waals surface area contributed by atoms with E-state index in [-0.39, 0.29) is 0 Å². The molecule has 0 atom stereocenters. The maximum Gasteiger partial charge on any atom is 0.228 e. The molecule has 0 bridgehead atoms. The summed E-state index contributed by atoms with van der Waals surface area (Å²) in [4.78, 5) is 8.09. The van der Waals surface area contributed by atoms with E-state index < -0.39 is 0 Å². The van der Waals surface area contributed by atoms with Gasteiger partial charge in [-0.3, -0.25) is 0 Å². The molecule has 1 saturated carbocycles. The molecule has 80 valence electrons. The van der Waals surface area contributed by atoms with Crippen LogP contribution < -0.4 is 10.6 Å². The molecule has 1 aromatic heterocycles. The summed E-state index contributed by atoms with van der Waals surface area (Å²) in [6, 6.07) is 2.30. The SMILES string of the molecule is S=C(Nc1ncccn1)NC1CCCC1. The minimum atomic E-state index is 0.522. The summed E-state index contributed by atoms with van der Waals surface area (Å²) in [6.45, 7) is 0. The Morgan fingerprint density at radius 1 is 1.27 bits per heavy atom. The van der Waals surface area contributed by atoms with Gasteiger partial charge in [-0.15, -0.1) is 0 Å². The molecule has 0 saturated heterocycles. The van der Waals surface area contributed by atoms with E-state index in [0.29, 0.717) is 17.1 Å². The molecule has 1 fully saturated rings. The zero-order valence-electron chi connectivity index (χ0n) is 8.44. The summed E-state index contributed by atoms with van der Waals surface area (Å²) >= 11 is 5.17. The second-order valence-electron chi connectivity index (χ2n) is 3.65. The Kier molecular flexibility index (Phi) is 3.45. The Balaban J connectivity index is 1.82. The highest BCUT2D eigenvalue weighted by molar-refractivity contribution is 7.80. The first-order chi connectivity index (χ1) is 7.34. The average Bonchev–Trinajstić information content (AvgIpc) is 2.71. The predicted molar refractivity (Wildman–Crippen MR) is 63.6 cm³/mol. The van der Waals surface area contributed by atoms with Gasteiger partial charge in [-0.1, -0.05) is 12.8 Å². The molecule has 1 aliphatic carbocycles. The fourth-order valence-electron chi connectivity index (χ4n) is 1.76. The van der Waals surface area contributed by atoms with E-state index in [1.165, 1.54) is 25.7 Å². The molecule has 0 aliphatic heterocycles. The Bertz CT molecular complexity index is 321. The fraction of sp³-hybridized carbons (Fsp3) is 0.500. The lowest BCUT2D eigenvalue weighted by molar-refractivity contribution is 0.634. The van der Waals surface area contributed by atoms with Gasteiger partial charge in [0.15, 0.2) is 5.11 Å². The first-order valence-electron chi connectivity index (χ1n) is 5.19. The molecule has 1 heterocycles. The summed E-state index contributed by atoms with van der Waals surface area (Å²) in [5.41, 5.74) is 0. The molecule has 2 rings (SSSR count). The summed E-state index contributed by atoms with van der Waals surface area (Å²) in [5.74, 6) is 0.549. The van der Waals surface area contributed by atoms with E-state index in [0.717, 1.165) is 0 Å². The molecule has 0 unspecified atom stereocenters. The van der Waals surface area contributed by atoms with E-state index in [2.05, 4.69) is 20.6 Å². The van der Waals surface area contributed by atoms with Crippen molar-refractivity contribution < 1.29 is 0 Å². The second-order valence-corrected chi connectivity index (χ2v) is 4.06. The number of anilines is 1. The molecule has 0 radical (unpaired) electrons. The lowest BCUT2D eigenvalue weighted by atomic mass is 10.3. The smallest absolute Gasteiger partial charge is 0.228 e. The first-order valence-corrected chi connectivity index (χ1v) is 5.60. The Morgan fingerprint density at radius 3 is 2.60 bits per heavy atom. The van der Waals surface area contributed by atoms with Crippen LogP contribution in [0.25, 0.3) is 0 Å². The molecule has 0 aromatic carbocycles. The van der Waals surface area contributed by atoms with E-state index >= 15 is 0 Å². The highest BCUT2D eigenvalue weighted by Crippen LogP contribution is 2.17. The van der Waals surface area contributed by atoms with Gasteiger partial charge in [0.25, 0.3) is 0 Å². The maximum atomic E-state index is 5.17. The highest BCUT2D eigenvalue weighted by atomic mass is 32.1. The van der Waals surface area contributed by atoms with Crippen LogP contribution in [0.1, 0.15) is 25.7 Å². The normalized spacial score (nSPS) is 16.3. The molecule has 0 amide bonds. The molecular weight excluding hydrogens is 208 g/mol. The maximum absolute atomic E-state index is 5.17. The van der Waals surface area contributed by atoms with Crippen LogP contribution in [0.5, 0.6) is 0 Å². The van der Waals surface area contributed by atoms with E-state index in [4.69, 9.17) is 12.2 Å². The Morgan fingerprint density at radius 2 is 1.93 bits per heavy atom. The largest absolute Gasteiger partial charge is 0.360 e. The number of nitrogens with one attached hydrogen (secondary N) is 2. The molecule has 5 heteroatoms. The van der Waals surface area contributed by atoms with Gasteiger partial charge in [0.05, 0.1) is 0 Å². The van der Waals surface area contributed by atoms with Crippen molar-refractivity contribution in [2.75, 3.05) is 5.32 Å². The molecular formula is C10H14N4S. The lowest BCUT2D eigenvalue weighted by Gasteiger charge is -2.14. The third kappa shape index (κ3) is 3.13. The fourth-order valence-corrected chi connectivity index (χ4v) is 2.01. The van der Waals surface area contributed by atoms with Crippen molar-refractivity contribution in [2.24, 2.45) is 0 Å². The standard InChI is InChI=1S/C10H14N4S/c15-10(13-8-4-1-2-5-8)14-9-11-6-3-7-12-9/h3,6-8H,1-2,4-5H2,(H2,11,12,13,14,15). The van der Waals surface area contributed by atoms with Gasteiger partial charge in [-0.25, -0.2) is 9.97 Å². The van der Waals surface area contributed by atoms with Gasteiger partial charge >= 0.3 is 0 Å². The van der Waals surface area contributed by atoms with Crippen LogP contribution in [0.3, 0.4) is 0 Å². The van der Waals surface area contributed by atoms with Crippen LogP contribution in [-0.2, 0) is 0 Å². The summed E-state index contributed by atoms with van der Waals surface area (Å²) < 4.78 is 0. The third-order valence-electron chi connectivity index (χ3n) is 2.48. The van der Waals surface area contributed by atoms with E-state index in [1.54, 1.807) is 18.5 Å². The van der Waals surface area contributed by atoms with Crippen LogP contribution in [0.15, 0.2) is 18.5 Å². The minimum Gasteiger partial charge on any atom is -0.360 e. The van der Waals surface area contributed by atoms with Gasteiger partial charge in [-0.2, -0.15) is 0 Å². The number of aromatic nitrogens is 2. The first kappa shape index (κ1) is 10.3.